The Balaban J connectivity index is 3.54. The number of hydrogen-bond acceptors (Lipinski definition) is 1. The van der Waals surface area contributed by atoms with E-state index >= 15 is 0 Å². The molecule has 2 unspecified atom stereocenters. The van der Waals surface area contributed by atoms with Gasteiger partial charge in [-0.2, -0.15) is 0 Å². The second kappa shape index (κ2) is 6.24. The lowest BCUT2D eigenvalue weighted by molar-refractivity contribution is 0.610. The molecule has 1 radical (unpaired) electrons. The summed E-state index contributed by atoms with van der Waals surface area (Å²) in [6.45, 7) is 8.05. The minimum Gasteiger partial charge on any atom is -0.307 e. The number of rotatable bonds is 3. The third-order valence-corrected chi connectivity index (χ3v) is 1.69. The van der Waals surface area contributed by atoms with Crippen LogP contribution in [0.25, 0.3) is 0 Å². The largest absolute Gasteiger partial charge is 0.307 e. The van der Waals surface area contributed by atoms with Gasteiger partial charge >= 0.3 is 0 Å². The monoisotopic (exact) mass is 152 g/mol. The van der Waals surface area contributed by atoms with Gasteiger partial charge in [0.1, 0.15) is 0 Å². The van der Waals surface area contributed by atoms with Gasteiger partial charge in [0.05, 0.1) is 6.04 Å². The van der Waals surface area contributed by atoms with Crippen molar-refractivity contribution < 1.29 is 0 Å². The molecular formula is C10H18N. The summed E-state index contributed by atoms with van der Waals surface area (Å²) >= 11 is 0. The molecule has 1 heteroatoms. The van der Waals surface area contributed by atoms with Gasteiger partial charge in [0.2, 0.25) is 0 Å². The molecule has 0 heterocycles. The summed E-state index contributed by atoms with van der Waals surface area (Å²) in [5, 5.41) is 3.07. The standard InChI is InChI=1S/C10H18N/c1-5-9(2)7-6-8-10(3)11-4/h9-11H,1,5,7H2,2-4H3. The van der Waals surface area contributed by atoms with Crippen LogP contribution in [0.5, 0.6) is 0 Å². The van der Waals surface area contributed by atoms with Gasteiger partial charge in [-0.3, -0.25) is 0 Å². The highest BCUT2D eigenvalue weighted by Crippen LogP contribution is 2.03. The molecule has 1 nitrogen and oxygen atoms in total. The predicted molar refractivity (Wildman–Crippen MR) is 50.1 cm³/mol. The number of nitrogens with one attached hydrogen (secondary N) is 1. The van der Waals surface area contributed by atoms with Crippen molar-refractivity contribution in [3.8, 4) is 11.8 Å². The van der Waals surface area contributed by atoms with E-state index in [0.717, 1.165) is 12.8 Å². The molecule has 0 aromatic rings. The Morgan fingerprint density at radius 1 is 1.45 bits per heavy atom. The van der Waals surface area contributed by atoms with Crippen LogP contribution >= 0.6 is 0 Å². The molecule has 63 valence electrons. The van der Waals surface area contributed by atoms with Crippen LogP contribution in [0, 0.1) is 24.7 Å². The topological polar surface area (TPSA) is 12.0 Å². The normalized spacial score (nSPS) is 14.9. The van der Waals surface area contributed by atoms with Gasteiger partial charge in [-0.05, 0) is 26.3 Å². The van der Waals surface area contributed by atoms with Crippen LogP contribution in [-0.2, 0) is 0 Å². The Morgan fingerprint density at radius 2 is 2.09 bits per heavy atom. The third-order valence-electron chi connectivity index (χ3n) is 1.69. The lowest BCUT2D eigenvalue weighted by Crippen LogP contribution is -2.18. The minimum atomic E-state index is 0.312. The summed E-state index contributed by atoms with van der Waals surface area (Å²) < 4.78 is 0. The molecule has 0 amide bonds. The highest BCUT2D eigenvalue weighted by atomic mass is 14.8. The molecule has 0 fully saturated rings. The van der Waals surface area contributed by atoms with Gasteiger partial charge in [-0.15, -0.1) is 5.92 Å². The fourth-order valence-corrected chi connectivity index (χ4v) is 0.560. The minimum absolute atomic E-state index is 0.312. The number of hydrogen-bond donors (Lipinski definition) is 1. The second-order valence-corrected chi connectivity index (χ2v) is 2.93. The zero-order valence-corrected chi connectivity index (χ0v) is 7.78. The molecule has 0 aliphatic heterocycles. The fourth-order valence-electron chi connectivity index (χ4n) is 0.560. The quantitative estimate of drug-likeness (QED) is 0.609. The van der Waals surface area contributed by atoms with Crippen LogP contribution in [0.15, 0.2) is 0 Å². The Hall–Kier alpha value is -0.480. The average molecular weight is 152 g/mol. The molecule has 0 aliphatic carbocycles. The summed E-state index contributed by atoms with van der Waals surface area (Å²) in [4.78, 5) is 0. The first-order valence-electron chi connectivity index (χ1n) is 4.15. The molecule has 0 aliphatic rings. The molecule has 0 aromatic heterocycles. The van der Waals surface area contributed by atoms with E-state index in [9.17, 15) is 0 Å². The molecule has 0 bridgehead atoms. The molecule has 0 aromatic carbocycles. The van der Waals surface area contributed by atoms with Crippen molar-refractivity contribution in [1.29, 1.82) is 0 Å². The lowest BCUT2D eigenvalue weighted by Gasteiger charge is -2.01. The van der Waals surface area contributed by atoms with Crippen molar-refractivity contribution in [2.75, 3.05) is 7.05 Å². The first kappa shape index (κ1) is 10.5. The van der Waals surface area contributed by atoms with E-state index in [1.54, 1.807) is 0 Å². The average Bonchev–Trinajstić information content (AvgIpc) is 2.04. The van der Waals surface area contributed by atoms with Crippen LogP contribution in [0.1, 0.15) is 26.7 Å². The van der Waals surface area contributed by atoms with E-state index in [1.807, 2.05) is 7.05 Å². The van der Waals surface area contributed by atoms with Crippen molar-refractivity contribution in [3.63, 3.8) is 0 Å². The van der Waals surface area contributed by atoms with Crippen molar-refractivity contribution >= 4 is 0 Å². The summed E-state index contributed by atoms with van der Waals surface area (Å²) in [6.07, 6.45) is 1.94. The summed E-state index contributed by atoms with van der Waals surface area (Å²) in [7, 11) is 1.92. The van der Waals surface area contributed by atoms with Crippen molar-refractivity contribution in [2.45, 2.75) is 32.7 Å². The Bertz CT molecular complexity index is 141. The Kier molecular flexibility index (Phi) is 5.97. The van der Waals surface area contributed by atoms with E-state index < -0.39 is 0 Å². The summed E-state index contributed by atoms with van der Waals surface area (Å²) in [5.41, 5.74) is 0. The van der Waals surface area contributed by atoms with E-state index in [1.165, 1.54) is 0 Å². The highest BCUT2D eigenvalue weighted by Gasteiger charge is 1.93. The summed E-state index contributed by atoms with van der Waals surface area (Å²) in [5.74, 6) is 6.87. The van der Waals surface area contributed by atoms with Crippen molar-refractivity contribution in [3.05, 3.63) is 6.92 Å². The maximum Gasteiger partial charge on any atom is 0.0658 e. The van der Waals surface area contributed by atoms with E-state index in [2.05, 4.69) is 37.9 Å². The van der Waals surface area contributed by atoms with Gasteiger partial charge in [0.15, 0.2) is 0 Å². The molecule has 0 spiro atoms. The van der Waals surface area contributed by atoms with Crippen LogP contribution in [-0.4, -0.2) is 13.1 Å². The zero-order chi connectivity index (χ0) is 8.69. The Morgan fingerprint density at radius 3 is 2.55 bits per heavy atom. The first-order valence-corrected chi connectivity index (χ1v) is 4.15. The fraction of sp³-hybridized carbons (Fsp3) is 0.700. The second-order valence-electron chi connectivity index (χ2n) is 2.93. The first-order chi connectivity index (χ1) is 5.20. The van der Waals surface area contributed by atoms with Gasteiger partial charge in [-0.25, -0.2) is 0 Å². The molecule has 0 saturated carbocycles. The SMILES string of the molecule is [CH2]CC(C)CC#CC(C)NC. The van der Waals surface area contributed by atoms with Crippen LogP contribution in [0.2, 0.25) is 0 Å². The van der Waals surface area contributed by atoms with E-state index in [4.69, 9.17) is 0 Å². The Labute approximate surface area is 70.6 Å². The molecule has 1 N–H and O–H groups in total. The molecule has 2 atom stereocenters. The molecule has 0 saturated heterocycles. The van der Waals surface area contributed by atoms with Gasteiger partial charge in [0, 0.05) is 6.42 Å². The van der Waals surface area contributed by atoms with Gasteiger partial charge < -0.3 is 5.32 Å². The van der Waals surface area contributed by atoms with Gasteiger partial charge in [-0.1, -0.05) is 19.8 Å². The van der Waals surface area contributed by atoms with Crippen molar-refractivity contribution in [1.82, 2.24) is 5.32 Å². The smallest absolute Gasteiger partial charge is 0.0658 e. The van der Waals surface area contributed by atoms with E-state index in [-0.39, 0.29) is 0 Å². The van der Waals surface area contributed by atoms with E-state index in [0.29, 0.717) is 12.0 Å². The van der Waals surface area contributed by atoms with Crippen LogP contribution in [0.4, 0.5) is 0 Å². The maximum absolute atomic E-state index is 3.82. The summed E-state index contributed by atoms with van der Waals surface area (Å²) in [6, 6.07) is 0.312. The van der Waals surface area contributed by atoms with Gasteiger partial charge in [0.25, 0.3) is 0 Å². The van der Waals surface area contributed by atoms with Crippen molar-refractivity contribution in [2.24, 2.45) is 5.92 Å². The molecule has 11 heavy (non-hydrogen) atoms. The predicted octanol–water partition coefficient (Wildman–Crippen LogP) is 1.85. The highest BCUT2D eigenvalue weighted by molar-refractivity contribution is 5.06. The van der Waals surface area contributed by atoms with Crippen LogP contribution < -0.4 is 5.32 Å². The molecular weight excluding hydrogens is 134 g/mol. The zero-order valence-electron chi connectivity index (χ0n) is 7.78. The maximum atomic E-state index is 3.82. The molecule has 0 rings (SSSR count). The third kappa shape index (κ3) is 5.94. The lowest BCUT2D eigenvalue weighted by atomic mass is 10.1. The van der Waals surface area contributed by atoms with Crippen LogP contribution in [0.3, 0.4) is 0 Å².